The van der Waals surface area contributed by atoms with E-state index in [0.29, 0.717) is 12.1 Å². The predicted octanol–water partition coefficient (Wildman–Crippen LogP) is 3.79. The minimum atomic E-state index is -0.182. The summed E-state index contributed by atoms with van der Waals surface area (Å²) in [5.41, 5.74) is 5.18. The number of aliphatic imine (C=N–C) groups is 1. The van der Waals surface area contributed by atoms with Crippen LogP contribution in [0.15, 0.2) is 23.2 Å². The molecule has 1 heterocycles. The van der Waals surface area contributed by atoms with Crippen LogP contribution in [0.1, 0.15) is 41.9 Å². The molecular formula is C20H31FIN5. The van der Waals surface area contributed by atoms with Gasteiger partial charge in [0.1, 0.15) is 5.82 Å². The smallest absolute Gasteiger partial charge is 0.191 e. The lowest BCUT2D eigenvalue weighted by molar-refractivity contribution is 0.617. The van der Waals surface area contributed by atoms with Gasteiger partial charge in [-0.25, -0.2) is 9.38 Å². The van der Waals surface area contributed by atoms with Gasteiger partial charge in [0.05, 0.1) is 12.2 Å². The Morgan fingerprint density at radius 2 is 2.00 bits per heavy atom. The topological polar surface area (TPSA) is 54.2 Å². The Bertz CT molecular complexity index is 785. The van der Waals surface area contributed by atoms with Crippen molar-refractivity contribution >= 4 is 29.9 Å². The number of benzene rings is 1. The molecule has 0 aliphatic carbocycles. The van der Waals surface area contributed by atoms with Crippen LogP contribution < -0.4 is 10.6 Å². The highest BCUT2D eigenvalue weighted by molar-refractivity contribution is 14.0. The molecule has 2 rings (SSSR count). The van der Waals surface area contributed by atoms with E-state index in [1.54, 1.807) is 13.0 Å². The minimum Gasteiger partial charge on any atom is -0.357 e. The van der Waals surface area contributed by atoms with Crippen LogP contribution in [0.4, 0.5) is 4.39 Å². The molecule has 2 aromatic rings. The summed E-state index contributed by atoms with van der Waals surface area (Å²) in [6.07, 6.45) is 0.881. The standard InChI is InChI=1S/C20H30FN5.HI/c1-7-22-20(23-12-17-8-9-19(21)13(2)10-17)24-14(3)11-18-15(4)25-26(6)16(18)5;/h8-10,14H,7,11-12H2,1-6H3,(H2,22,23,24);1H. The minimum absolute atomic E-state index is 0. The highest BCUT2D eigenvalue weighted by Crippen LogP contribution is 2.14. The zero-order valence-electron chi connectivity index (χ0n) is 17.1. The summed E-state index contributed by atoms with van der Waals surface area (Å²) in [7, 11) is 1.97. The van der Waals surface area contributed by atoms with Crippen LogP contribution >= 0.6 is 24.0 Å². The summed E-state index contributed by atoms with van der Waals surface area (Å²) in [5, 5.41) is 11.2. The summed E-state index contributed by atoms with van der Waals surface area (Å²) in [6, 6.07) is 5.33. The van der Waals surface area contributed by atoms with Crippen molar-refractivity contribution in [2.75, 3.05) is 6.54 Å². The van der Waals surface area contributed by atoms with Crippen molar-refractivity contribution in [2.24, 2.45) is 12.0 Å². The Hall–Kier alpha value is -1.64. The molecule has 1 atom stereocenters. The fraction of sp³-hybridized carbons (Fsp3) is 0.500. The number of hydrogen-bond donors (Lipinski definition) is 2. The maximum absolute atomic E-state index is 13.4. The van der Waals surface area contributed by atoms with E-state index < -0.39 is 0 Å². The Kier molecular flexibility index (Phi) is 9.21. The molecule has 0 spiro atoms. The number of nitrogens with zero attached hydrogens (tertiary/aromatic N) is 3. The largest absolute Gasteiger partial charge is 0.357 e. The number of guanidine groups is 1. The molecule has 0 aliphatic rings. The molecular weight excluding hydrogens is 456 g/mol. The zero-order chi connectivity index (χ0) is 19.3. The molecule has 0 amide bonds. The fourth-order valence-electron chi connectivity index (χ4n) is 3.00. The first-order valence-electron chi connectivity index (χ1n) is 9.10. The summed E-state index contributed by atoms with van der Waals surface area (Å²) < 4.78 is 15.3. The SMILES string of the molecule is CCNC(=NCc1ccc(F)c(C)c1)NC(C)Cc1c(C)nn(C)c1C.I. The van der Waals surface area contributed by atoms with Crippen molar-refractivity contribution in [2.45, 2.75) is 53.6 Å². The lowest BCUT2D eigenvalue weighted by Crippen LogP contribution is -2.43. The molecule has 1 unspecified atom stereocenters. The van der Waals surface area contributed by atoms with E-state index in [9.17, 15) is 4.39 Å². The number of hydrogen-bond acceptors (Lipinski definition) is 2. The van der Waals surface area contributed by atoms with E-state index in [-0.39, 0.29) is 35.8 Å². The van der Waals surface area contributed by atoms with Gasteiger partial charge < -0.3 is 10.6 Å². The maximum Gasteiger partial charge on any atom is 0.191 e. The van der Waals surface area contributed by atoms with Crippen LogP contribution in [0, 0.1) is 26.6 Å². The van der Waals surface area contributed by atoms with Crippen LogP contribution in [0.2, 0.25) is 0 Å². The van der Waals surface area contributed by atoms with Crippen molar-refractivity contribution in [1.82, 2.24) is 20.4 Å². The first-order valence-corrected chi connectivity index (χ1v) is 9.10. The van der Waals surface area contributed by atoms with Gasteiger partial charge in [-0.1, -0.05) is 12.1 Å². The van der Waals surface area contributed by atoms with Crippen molar-refractivity contribution < 1.29 is 4.39 Å². The molecule has 2 N–H and O–H groups in total. The summed E-state index contributed by atoms with van der Waals surface area (Å²) in [6.45, 7) is 11.4. The van der Waals surface area contributed by atoms with Crippen LogP contribution in [-0.4, -0.2) is 28.3 Å². The van der Waals surface area contributed by atoms with Crippen molar-refractivity contribution in [3.05, 3.63) is 52.1 Å². The summed E-state index contributed by atoms with van der Waals surface area (Å²) in [4.78, 5) is 4.64. The molecule has 150 valence electrons. The molecule has 0 aliphatic heterocycles. The molecule has 0 bridgehead atoms. The second-order valence-corrected chi connectivity index (χ2v) is 6.80. The number of aryl methyl sites for hydroxylation is 3. The van der Waals surface area contributed by atoms with E-state index in [1.165, 1.54) is 17.3 Å². The van der Waals surface area contributed by atoms with Gasteiger partial charge in [-0.15, -0.1) is 24.0 Å². The lowest BCUT2D eigenvalue weighted by Gasteiger charge is -2.18. The number of aromatic nitrogens is 2. The summed E-state index contributed by atoms with van der Waals surface area (Å²) in [5.74, 6) is 0.583. The molecule has 5 nitrogen and oxygen atoms in total. The van der Waals surface area contributed by atoms with Gasteiger partial charge in [0, 0.05) is 25.3 Å². The number of rotatable bonds is 6. The third-order valence-corrected chi connectivity index (χ3v) is 4.54. The number of nitrogens with one attached hydrogen (secondary N) is 2. The van der Waals surface area contributed by atoms with Crippen molar-refractivity contribution in [3.8, 4) is 0 Å². The van der Waals surface area contributed by atoms with Gasteiger partial charge in [-0.05, 0) is 63.8 Å². The highest BCUT2D eigenvalue weighted by atomic mass is 127. The molecule has 0 fully saturated rings. The van der Waals surface area contributed by atoms with E-state index in [1.807, 2.05) is 31.6 Å². The maximum atomic E-state index is 13.4. The van der Waals surface area contributed by atoms with Crippen LogP contribution in [0.3, 0.4) is 0 Å². The Balaban J connectivity index is 0.00000364. The molecule has 7 heteroatoms. The third-order valence-electron chi connectivity index (χ3n) is 4.54. The van der Waals surface area contributed by atoms with Gasteiger partial charge in [-0.2, -0.15) is 5.10 Å². The molecule has 27 heavy (non-hydrogen) atoms. The molecule has 0 radical (unpaired) electrons. The first-order chi connectivity index (χ1) is 12.3. The fourth-order valence-corrected chi connectivity index (χ4v) is 3.00. The predicted molar refractivity (Wildman–Crippen MR) is 120 cm³/mol. The summed E-state index contributed by atoms with van der Waals surface area (Å²) >= 11 is 0. The van der Waals surface area contributed by atoms with E-state index >= 15 is 0 Å². The van der Waals surface area contributed by atoms with Crippen LogP contribution in [0.25, 0.3) is 0 Å². The van der Waals surface area contributed by atoms with Gasteiger partial charge in [0.15, 0.2) is 5.96 Å². The molecule has 1 aromatic heterocycles. The normalized spacial score (nSPS) is 12.5. The van der Waals surface area contributed by atoms with Crippen molar-refractivity contribution in [1.29, 1.82) is 0 Å². The van der Waals surface area contributed by atoms with E-state index in [0.717, 1.165) is 30.2 Å². The average Bonchev–Trinajstić information content (AvgIpc) is 2.82. The molecule has 0 saturated carbocycles. The first kappa shape index (κ1) is 23.4. The average molecular weight is 487 g/mol. The van der Waals surface area contributed by atoms with Gasteiger partial charge >= 0.3 is 0 Å². The second kappa shape index (κ2) is 10.6. The highest BCUT2D eigenvalue weighted by Gasteiger charge is 2.14. The quantitative estimate of drug-likeness (QED) is 0.371. The Labute approximate surface area is 178 Å². The van der Waals surface area contributed by atoms with Gasteiger partial charge in [-0.3, -0.25) is 4.68 Å². The van der Waals surface area contributed by atoms with Gasteiger partial charge in [0.25, 0.3) is 0 Å². The van der Waals surface area contributed by atoms with Gasteiger partial charge in [0.2, 0.25) is 0 Å². The van der Waals surface area contributed by atoms with Crippen molar-refractivity contribution in [3.63, 3.8) is 0 Å². The van der Waals surface area contributed by atoms with Crippen LogP contribution in [-0.2, 0) is 20.0 Å². The monoisotopic (exact) mass is 487 g/mol. The second-order valence-electron chi connectivity index (χ2n) is 6.80. The molecule has 1 aromatic carbocycles. The van der Waals surface area contributed by atoms with E-state index in [2.05, 4.69) is 34.6 Å². The number of halogens is 2. The van der Waals surface area contributed by atoms with Crippen LogP contribution in [0.5, 0.6) is 0 Å². The third kappa shape index (κ3) is 6.48. The Morgan fingerprint density at radius 1 is 1.30 bits per heavy atom. The molecule has 0 saturated heterocycles. The van der Waals surface area contributed by atoms with E-state index in [4.69, 9.17) is 0 Å². The Morgan fingerprint density at radius 3 is 2.56 bits per heavy atom. The zero-order valence-corrected chi connectivity index (χ0v) is 19.4. The lowest BCUT2D eigenvalue weighted by atomic mass is 10.1.